The van der Waals surface area contributed by atoms with Crippen LogP contribution in [0.25, 0.3) is 0 Å². The van der Waals surface area contributed by atoms with Crippen LogP contribution in [0.1, 0.15) is 15.9 Å². The molecule has 26 heavy (non-hydrogen) atoms. The normalized spacial score (nSPS) is 10.0. The van der Waals surface area contributed by atoms with Crippen LogP contribution in [0.15, 0.2) is 54.6 Å². The first-order valence-corrected chi connectivity index (χ1v) is 8.15. The van der Waals surface area contributed by atoms with E-state index in [9.17, 15) is 18.8 Å². The second-order valence-electron chi connectivity index (χ2n) is 5.55. The molecule has 0 radical (unpaired) electrons. The monoisotopic (exact) mass is 357 g/mol. The molecule has 0 unspecified atom stereocenters. The Balaban J connectivity index is 1.58. The molecule has 0 atom stereocenters. The maximum atomic E-state index is 12.8. The Morgan fingerprint density at radius 1 is 0.769 bits per heavy atom. The largest absolute Gasteiger partial charge is 0.354 e. The van der Waals surface area contributed by atoms with Gasteiger partial charge in [-0.15, -0.1) is 0 Å². The molecule has 0 aliphatic carbocycles. The maximum Gasteiger partial charge on any atom is 0.251 e. The van der Waals surface area contributed by atoms with Crippen LogP contribution >= 0.6 is 0 Å². The van der Waals surface area contributed by atoms with Gasteiger partial charge in [0.2, 0.25) is 11.8 Å². The highest BCUT2D eigenvalue weighted by molar-refractivity contribution is 5.96. The van der Waals surface area contributed by atoms with E-state index in [1.807, 2.05) is 0 Å². The number of halogens is 1. The predicted octanol–water partition coefficient (Wildman–Crippen LogP) is 1.03. The van der Waals surface area contributed by atoms with Crippen LogP contribution in [0.2, 0.25) is 0 Å². The van der Waals surface area contributed by atoms with Gasteiger partial charge in [0, 0.05) is 18.7 Å². The van der Waals surface area contributed by atoms with Crippen molar-refractivity contribution in [2.24, 2.45) is 0 Å². The summed E-state index contributed by atoms with van der Waals surface area (Å²) in [6.45, 7) is 0.366. The minimum absolute atomic E-state index is 0.140. The van der Waals surface area contributed by atoms with Crippen molar-refractivity contribution < 1.29 is 18.8 Å². The molecule has 3 N–H and O–H groups in total. The molecule has 0 aromatic heterocycles. The van der Waals surface area contributed by atoms with Gasteiger partial charge in [-0.3, -0.25) is 14.4 Å². The fraction of sp³-hybridized carbons (Fsp3) is 0.211. The van der Waals surface area contributed by atoms with Crippen LogP contribution in [0.3, 0.4) is 0 Å². The molecule has 0 aliphatic heterocycles. The van der Waals surface area contributed by atoms with E-state index in [1.54, 1.807) is 42.5 Å². The van der Waals surface area contributed by atoms with Crippen LogP contribution < -0.4 is 16.0 Å². The Morgan fingerprint density at radius 3 is 2.04 bits per heavy atom. The molecule has 0 bridgehead atoms. The van der Waals surface area contributed by atoms with E-state index in [1.165, 1.54) is 12.1 Å². The van der Waals surface area contributed by atoms with Crippen molar-refractivity contribution in [3.8, 4) is 0 Å². The molecule has 0 spiro atoms. The molecule has 6 nitrogen and oxygen atoms in total. The van der Waals surface area contributed by atoms with Crippen molar-refractivity contribution in [1.82, 2.24) is 16.0 Å². The standard InChI is InChI=1S/C19H20FN3O3/c20-16-8-6-14(7-9-16)12-17(24)21-10-11-22-18(25)13-23-19(26)15-4-2-1-3-5-15/h1-9H,10-13H2,(H,21,24)(H,22,25)(H,23,26). The van der Waals surface area contributed by atoms with E-state index >= 15 is 0 Å². The van der Waals surface area contributed by atoms with E-state index in [0.29, 0.717) is 11.1 Å². The first-order chi connectivity index (χ1) is 12.5. The third kappa shape index (κ3) is 6.72. The molecule has 2 aromatic rings. The number of hydrogen-bond donors (Lipinski definition) is 3. The third-order valence-corrected chi connectivity index (χ3v) is 3.49. The van der Waals surface area contributed by atoms with Crippen molar-refractivity contribution in [1.29, 1.82) is 0 Å². The van der Waals surface area contributed by atoms with Gasteiger partial charge in [-0.05, 0) is 29.8 Å². The zero-order chi connectivity index (χ0) is 18.8. The van der Waals surface area contributed by atoms with Gasteiger partial charge in [0.1, 0.15) is 5.82 Å². The summed E-state index contributed by atoms with van der Waals surface area (Å²) in [6, 6.07) is 14.3. The van der Waals surface area contributed by atoms with Gasteiger partial charge >= 0.3 is 0 Å². The number of nitrogens with one attached hydrogen (secondary N) is 3. The van der Waals surface area contributed by atoms with Gasteiger partial charge in [-0.2, -0.15) is 0 Å². The third-order valence-electron chi connectivity index (χ3n) is 3.49. The van der Waals surface area contributed by atoms with Gasteiger partial charge < -0.3 is 16.0 Å². The van der Waals surface area contributed by atoms with Crippen LogP contribution in [-0.4, -0.2) is 37.4 Å². The van der Waals surface area contributed by atoms with Crippen LogP contribution in [0, 0.1) is 5.82 Å². The topological polar surface area (TPSA) is 87.3 Å². The Hall–Kier alpha value is -3.22. The molecule has 2 aromatic carbocycles. The number of amides is 3. The molecule has 3 amide bonds. The van der Waals surface area contributed by atoms with E-state index in [0.717, 1.165) is 0 Å². The van der Waals surface area contributed by atoms with Crippen LogP contribution in [0.4, 0.5) is 4.39 Å². The highest BCUT2D eigenvalue weighted by Gasteiger charge is 2.07. The van der Waals surface area contributed by atoms with E-state index in [2.05, 4.69) is 16.0 Å². The SMILES string of the molecule is O=C(CNC(=O)c1ccccc1)NCCNC(=O)Cc1ccc(F)cc1. The maximum absolute atomic E-state index is 12.8. The summed E-state index contributed by atoms with van der Waals surface area (Å²) in [4.78, 5) is 35.2. The van der Waals surface area contributed by atoms with E-state index in [-0.39, 0.29) is 49.6 Å². The quantitative estimate of drug-likeness (QED) is 0.617. The Kier molecular flexibility index (Phi) is 7.30. The lowest BCUT2D eigenvalue weighted by molar-refractivity contribution is -0.122. The molecule has 0 aliphatic rings. The van der Waals surface area contributed by atoms with Gasteiger partial charge in [0.05, 0.1) is 13.0 Å². The van der Waals surface area contributed by atoms with Crippen molar-refractivity contribution in [2.75, 3.05) is 19.6 Å². The van der Waals surface area contributed by atoms with E-state index < -0.39 is 0 Å². The zero-order valence-corrected chi connectivity index (χ0v) is 14.1. The van der Waals surface area contributed by atoms with E-state index in [4.69, 9.17) is 0 Å². The minimum atomic E-state index is -0.351. The summed E-state index contributed by atoms with van der Waals surface area (Å²) in [5.41, 5.74) is 1.19. The summed E-state index contributed by atoms with van der Waals surface area (Å²) in [7, 11) is 0. The molecule has 136 valence electrons. The molecule has 0 saturated heterocycles. The molecule has 0 saturated carbocycles. The number of hydrogen-bond acceptors (Lipinski definition) is 3. The Morgan fingerprint density at radius 2 is 1.38 bits per heavy atom. The van der Waals surface area contributed by atoms with Gasteiger partial charge in [0.15, 0.2) is 0 Å². The van der Waals surface area contributed by atoms with Gasteiger partial charge in [-0.25, -0.2) is 4.39 Å². The van der Waals surface area contributed by atoms with Crippen LogP contribution in [-0.2, 0) is 16.0 Å². The van der Waals surface area contributed by atoms with Gasteiger partial charge in [-0.1, -0.05) is 30.3 Å². The van der Waals surface area contributed by atoms with Crippen molar-refractivity contribution in [3.05, 3.63) is 71.5 Å². The number of carbonyl (C=O) groups excluding carboxylic acids is 3. The summed E-state index contributed by atoms with van der Waals surface area (Å²) < 4.78 is 12.8. The highest BCUT2D eigenvalue weighted by Crippen LogP contribution is 2.03. The second-order valence-corrected chi connectivity index (χ2v) is 5.55. The average molecular weight is 357 g/mol. The Labute approximate surface area is 150 Å². The Bertz CT molecular complexity index is 748. The second kappa shape index (κ2) is 9.93. The predicted molar refractivity (Wildman–Crippen MR) is 94.9 cm³/mol. The van der Waals surface area contributed by atoms with Gasteiger partial charge in [0.25, 0.3) is 5.91 Å². The average Bonchev–Trinajstić information content (AvgIpc) is 2.66. The minimum Gasteiger partial charge on any atom is -0.354 e. The summed E-state index contributed by atoms with van der Waals surface area (Å²) in [6.07, 6.45) is 0.140. The number of carbonyl (C=O) groups is 3. The van der Waals surface area contributed by atoms with Crippen LogP contribution in [0.5, 0.6) is 0 Å². The molecule has 0 heterocycles. The van der Waals surface area contributed by atoms with Crippen molar-refractivity contribution >= 4 is 17.7 Å². The molecular formula is C19H20FN3O3. The number of benzene rings is 2. The lowest BCUT2D eigenvalue weighted by Crippen LogP contribution is -2.40. The fourth-order valence-corrected chi connectivity index (χ4v) is 2.17. The molecule has 7 heteroatoms. The van der Waals surface area contributed by atoms with Crippen molar-refractivity contribution in [2.45, 2.75) is 6.42 Å². The molecule has 0 fully saturated rings. The smallest absolute Gasteiger partial charge is 0.251 e. The lowest BCUT2D eigenvalue weighted by Gasteiger charge is -2.08. The highest BCUT2D eigenvalue weighted by atomic mass is 19.1. The number of rotatable bonds is 8. The first-order valence-electron chi connectivity index (χ1n) is 8.15. The molecule has 2 rings (SSSR count). The summed E-state index contributed by atoms with van der Waals surface area (Å²) >= 11 is 0. The summed E-state index contributed by atoms with van der Waals surface area (Å²) in [5.74, 6) is -1.24. The fourth-order valence-electron chi connectivity index (χ4n) is 2.17. The summed E-state index contributed by atoms with van der Waals surface area (Å²) in [5, 5.41) is 7.77. The molecular weight excluding hydrogens is 337 g/mol. The van der Waals surface area contributed by atoms with Crippen molar-refractivity contribution in [3.63, 3.8) is 0 Å². The lowest BCUT2D eigenvalue weighted by atomic mass is 10.1. The first kappa shape index (κ1) is 19.1. The zero-order valence-electron chi connectivity index (χ0n) is 14.1.